The van der Waals surface area contributed by atoms with Crippen LogP contribution in [-0.4, -0.2) is 11.7 Å². The number of anilines is 2. The van der Waals surface area contributed by atoms with Gasteiger partial charge in [-0.15, -0.1) is 0 Å². The number of nitriles is 1. The highest BCUT2D eigenvalue weighted by Gasteiger charge is 2.61. The number of nitrogens with two attached hydrogens (primary N) is 1. The molecule has 2 aliphatic heterocycles. The molecule has 0 unspecified atom stereocenters. The highest BCUT2D eigenvalue weighted by molar-refractivity contribution is 6.33. The van der Waals surface area contributed by atoms with Crippen LogP contribution in [0.2, 0.25) is 5.02 Å². The van der Waals surface area contributed by atoms with Crippen molar-refractivity contribution in [1.29, 1.82) is 5.26 Å². The summed E-state index contributed by atoms with van der Waals surface area (Å²) in [5.74, 6) is -2.37. The molecule has 2 aromatic rings. The van der Waals surface area contributed by atoms with Gasteiger partial charge in [0.05, 0.1) is 21.8 Å². The molecule has 1 spiro atoms. The fraction of sp³-hybridized carbons (Fsp3) is 0.269. The first kappa shape index (κ1) is 24.8. The summed E-state index contributed by atoms with van der Waals surface area (Å²) in [5, 5.41) is 12.8. The van der Waals surface area contributed by atoms with Crippen molar-refractivity contribution in [3.05, 3.63) is 81.0 Å². The number of rotatable bonds is 1. The third kappa shape index (κ3) is 3.44. The van der Waals surface area contributed by atoms with Crippen LogP contribution in [0.15, 0.2) is 59.1 Å². The predicted molar refractivity (Wildman–Crippen MR) is 128 cm³/mol. The summed E-state index contributed by atoms with van der Waals surface area (Å²) in [4.78, 5) is 28.5. The molecule has 0 radical (unpaired) electrons. The van der Waals surface area contributed by atoms with Crippen LogP contribution < -0.4 is 16.0 Å². The van der Waals surface area contributed by atoms with Crippen LogP contribution in [0.3, 0.4) is 0 Å². The molecule has 5 rings (SSSR count). The molecule has 1 atom stereocenters. The molecule has 3 aliphatic rings. The Morgan fingerprint density at radius 1 is 1.14 bits per heavy atom. The Morgan fingerprint density at radius 2 is 1.84 bits per heavy atom. The SMILES string of the molecule is CC1(C)CC(=O)C2=C(C1)N(c1cc(C(F)(F)F)ccc1Cl)C(N)=C(C#N)[C@@]21C(=O)Nc2ccc(F)cc21. The molecular weight excluding hydrogens is 512 g/mol. The van der Waals surface area contributed by atoms with E-state index in [0.717, 1.165) is 35.2 Å². The van der Waals surface area contributed by atoms with Gasteiger partial charge in [-0.05, 0) is 48.2 Å². The Labute approximate surface area is 214 Å². The van der Waals surface area contributed by atoms with E-state index >= 15 is 0 Å². The average Bonchev–Trinajstić information content (AvgIpc) is 3.05. The van der Waals surface area contributed by atoms with Gasteiger partial charge in [0, 0.05) is 28.9 Å². The van der Waals surface area contributed by atoms with Crippen LogP contribution in [0.1, 0.15) is 37.8 Å². The zero-order chi connectivity index (χ0) is 27.1. The van der Waals surface area contributed by atoms with Gasteiger partial charge in [-0.1, -0.05) is 25.4 Å². The number of hydrogen-bond donors (Lipinski definition) is 2. The molecule has 3 N–H and O–H groups in total. The van der Waals surface area contributed by atoms with Crippen LogP contribution in [0, 0.1) is 22.6 Å². The second-order valence-electron chi connectivity index (χ2n) is 10.0. The van der Waals surface area contributed by atoms with Crippen molar-refractivity contribution in [2.75, 3.05) is 10.2 Å². The predicted octanol–water partition coefficient (Wildman–Crippen LogP) is 5.55. The number of carbonyl (C=O) groups excluding carboxylic acids is 2. The Balaban J connectivity index is 1.91. The molecule has 0 saturated heterocycles. The number of alkyl halides is 3. The molecule has 2 heterocycles. The third-order valence-corrected chi connectivity index (χ3v) is 7.29. The maximum absolute atomic E-state index is 14.4. The molecule has 1 aliphatic carbocycles. The molecule has 37 heavy (non-hydrogen) atoms. The number of allylic oxidation sites excluding steroid dienone is 1. The molecular formula is C26H19ClF4N4O2. The Hall–Kier alpha value is -3.84. The molecule has 0 saturated carbocycles. The highest BCUT2D eigenvalue weighted by atomic mass is 35.5. The smallest absolute Gasteiger partial charge is 0.384 e. The Kier molecular flexibility index (Phi) is 5.25. The van der Waals surface area contributed by atoms with Crippen molar-refractivity contribution in [1.82, 2.24) is 0 Å². The average molecular weight is 531 g/mol. The van der Waals surface area contributed by atoms with Crippen LogP contribution in [0.5, 0.6) is 0 Å². The third-order valence-electron chi connectivity index (χ3n) is 6.97. The van der Waals surface area contributed by atoms with Crippen LogP contribution in [0.4, 0.5) is 28.9 Å². The number of carbonyl (C=O) groups is 2. The van der Waals surface area contributed by atoms with Gasteiger partial charge in [-0.3, -0.25) is 14.5 Å². The quantitative estimate of drug-likeness (QED) is 0.471. The molecule has 190 valence electrons. The maximum Gasteiger partial charge on any atom is 0.416 e. The van der Waals surface area contributed by atoms with E-state index in [1.165, 1.54) is 6.07 Å². The second kappa shape index (κ2) is 7.83. The van der Waals surface area contributed by atoms with E-state index in [1.54, 1.807) is 13.8 Å². The molecule has 0 aromatic heterocycles. The minimum Gasteiger partial charge on any atom is -0.384 e. The minimum atomic E-state index is -4.71. The number of halogens is 5. The number of nitrogens with one attached hydrogen (secondary N) is 1. The van der Waals surface area contributed by atoms with Gasteiger partial charge in [-0.25, -0.2) is 4.39 Å². The van der Waals surface area contributed by atoms with Gasteiger partial charge < -0.3 is 11.1 Å². The van der Waals surface area contributed by atoms with Crippen LogP contribution >= 0.6 is 11.6 Å². The van der Waals surface area contributed by atoms with Gasteiger partial charge in [0.1, 0.15) is 23.1 Å². The number of hydrogen-bond acceptors (Lipinski definition) is 5. The topological polar surface area (TPSA) is 99.2 Å². The lowest BCUT2D eigenvalue weighted by atomic mass is 9.60. The highest BCUT2D eigenvalue weighted by Crippen LogP contribution is 2.57. The Morgan fingerprint density at radius 3 is 2.49 bits per heavy atom. The summed E-state index contributed by atoms with van der Waals surface area (Å²) >= 11 is 6.35. The zero-order valence-electron chi connectivity index (χ0n) is 19.6. The van der Waals surface area contributed by atoms with Crippen molar-refractivity contribution in [2.45, 2.75) is 38.3 Å². The lowest BCUT2D eigenvalue weighted by molar-refractivity contribution is -0.137. The van der Waals surface area contributed by atoms with Gasteiger partial charge in [0.2, 0.25) is 5.91 Å². The number of fused-ring (bicyclic) bond motifs is 3. The van der Waals surface area contributed by atoms with Crippen LogP contribution in [0.25, 0.3) is 0 Å². The normalized spacial score (nSPS) is 22.7. The van der Waals surface area contributed by atoms with E-state index in [9.17, 15) is 32.4 Å². The largest absolute Gasteiger partial charge is 0.416 e. The first-order chi connectivity index (χ1) is 17.2. The number of amides is 1. The van der Waals surface area contributed by atoms with Gasteiger partial charge >= 0.3 is 6.18 Å². The first-order valence-corrected chi connectivity index (χ1v) is 11.6. The summed E-state index contributed by atoms with van der Waals surface area (Å²) in [7, 11) is 0. The minimum absolute atomic E-state index is 0.0196. The van der Waals surface area contributed by atoms with Gasteiger partial charge in [-0.2, -0.15) is 18.4 Å². The maximum atomic E-state index is 14.4. The molecule has 0 fully saturated rings. The van der Waals surface area contributed by atoms with E-state index in [2.05, 4.69) is 5.32 Å². The van der Waals surface area contributed by atoms with E-state index in [1.807, 2.05) is 6.07 Å². The summed E-state index contributed by atoms with van der Waals surface area (Å²) in [6, 6.07) is 8.02. The lowest BCUT2D eigenvalue weighted by Gasteiger charge is -2.46. The van der Waals surface area contributed by atoms with Gasteiger partial charge in [0.15, 0.2) is 5.78 Å². The molecule has 1 amide bonds. The van der Waals surface area contributed by atoms with Crippen molar-refractivity contribution in [2.24, 2.45) is 11.1 Å². The van der Waals surface area contributed by atoms with E-state index in [-0.39, 0.29) is 51.9 Å². The lowest BCUT2D eigenvalue weighted by Crippen LogP contribution is -2.52. The zero-order valence-corrected chi connectivity index (χ0v) is 20.3. The van der Waals surface area contributed by atoms with E-state index in [4.69, 9.17) is 17.3 Å². The number of Topliss-reactive ketones (excluding diaryl/α,β-unsaturated/α-hetero) is 1. The van der Waals surface area contributed by atoms with Crippen LogP contribution in [-0.2, 0) is 21.2 Å². The summed E-state index contributed by atoms with van der Waals surface area (Å²) in [5.41, 5.74) is 2.33. The van der Waals surface area contributed by atoms with Crippen molar-refractivity contribution in [3.63, 3.8) is 0 Å². The van der Waals surface area contributed by atoms with E-state index < -0.39 is 45.7 Å². The standard InChI is InChI=1S/C26H19ClF4N4O2/c1-24(2)9-19-21(20(36)10-24)25(14-8-13(28)4-6-17(14)34-23(25)37)15(11-32)22(33)35(19)18-7-12(26(29,30)31)3-5-16(18)27/h3-8H,9-10,33H2,1-2H3,(H,34,37)/t25-/m1/s1. The number of ketones is 1. The molecule has 0 bridgehead atoms. The molecule has 11 heteroatoms. The first-order valence-electron chi connectivity index (χ1n) is 11.2. The van der Waals surface area contributed by atoms with Gasteiger partial charge in [0.25, 0.3) is 0 Å². The summed E-state index contributed by atoms with van der Waals surface area (Å²) in [6.45, 7) is 3.57. The summed E-state index contributed by atoms with van der Waals surface area (Å²) in [6.07, 6.45) is -4.62. The molecule has 6 nitrogen and oxygen atoms in total. The number of nitrogens with zero attached hydrogens (tertiary/aromatic N) is 2. The Bertz CT molecular complexity index is 1520. The fourth-order valence-corrected chi connectivity index (χ4v) is 5.73. The second-order valence-corrected chi connectivity index (χ2v) is 10.4. The van der Waals surface area contributed by atoms with Crippen molar-refractivity contribution >= 4 is 34.7 Å². The van der Waals surface area contributed by atoms with Crippen molar-refractivity contribution < 1.29 is 27.2 Å². The van der Waals surface area contributed by atoms with E-state index in [0.29, 0.717) is 0 Å². The summed E-state index contributed by atoms with van der Waals surface area (Å²) < 4.78 is 55.3. The fourth-order valence-electron chi connectivity index (χ4n) is 5.53. The van der Waals surface area contributed by atoms with Crippen molar-refractivity contribution in [3.8, 4) is 6.07 Å². The number of benzene rings is 2. The monoisotopic (exact) mass is 530 g/mol. The molecule has 2 aromatic carbocycles.